The van der Waals surface area contributed by atoms with E-state index in [-0.39, 0.29) is 5.91 Å². The average Bonchev–Trinajstić information content (AvgIpc) is 2.89. The van der Waals surface area contributed by atoms with Crippen LogP contribution in [0.15, 0.2) is 22.7 Å². The predicted molar refractivity (Wildman–Crippen MR) is 93.6 cm³/mol. The van der Waals surface area contributed by atoms with Crippen LogP contribution in [0.4, 0.5) is 0 Å². The number of aryl methyl sites for hydroxylation is 2. The third kappa shape index (κ3) is 3.58. The number of rotatable bonds is 3. The molecule has 0 spiro atoms. The van der Waals surface area contributed by atoms with Gasteiger partial charge in [-0.25, -0.2) is 0 Å². The first kappa shape index (κ1) is 17.3. The second-order valence-corrected chi connectivity index (χ2v) is 6.84. The van der Waals surface area contributed by atoms with E-state index >= 15 is 0 Å². The van der Waals surface area contributed by atoms with Crippen LogP contribution in [-0.4, -0.2) is 47.0 Å². The molecular weight excluding hydrogens is 349 g/mol. The van der Waals surface area contributed by atoms with E-state index in [1.165, 1.54) is 0 Å². The van der Waals surface area contributed by atoms with Gasteiger partial charge >= 0.3 is 0 Å². The van der Waals surface area contributed by atoms with Gasteiger partial charge in [-0.1, -0.05) is 28.4 Å². The zero-order chi connectivity index (χ0) is 17.3. The summed E-state index contributed by atoms with van der Waals surface area (Å²) in [7, 11) is 0. The van der Waals surface area contributed by atoms with Gasteiger partial charge in [0.1, 0.15) is 5.76 Å². The minimum atomic E-state index is -0.0699. The van der Waals surface area contributed by atoms with Crippen molar-refractivity contribution >= 4 is 29.1 Å². The number of benzene rings is 1. The molecule has 5 nitrogen and oxygen atoms in total. The van der Waals surface area contributed by atoms with Gasteiger partial charge in [0, 0.05) is 43.3 Å². The fourth-order valence-corrected chi connectivity index (χ4v) is 3.26. The Morgan fingerprint density at radius 3 is 2.54 bits per heavy atom. The van der Waals surface area contributed by atoms with Gasteiger partial charge in [-0.15, -0.1) is 0 Å². The number of amides is 1. The molecule has 1 amide bonds. The van der Waals surface area contributed by atoms with Crippen molar-refractivity contribution in [3.05, 3.63) is 50.8 Å². The van der Waals surface area contributed by atoms with Crippen LogP contribution < -0.4 is 0 Å². The number of piperazine rings is 1. The van der Waals surface area contributed by atoms with Crippen LogP contribution >= 0.6 is 23.2 Å². The number of halogens is 2. The Morgan fingerprint density at radius 1 is 1.21 bits per heavy atom. The van der Waals surface area contributed by atoms with Crippen molar-refractivity contribution in [1.82, 2.24) is 15.0 Å². The van der Waals surface area contributed by atoms with Crippen molar-refractivity contribution in [2.24, 2.45) is 0 Å². The number of carbonyl (C=O) groups is 1. The molecule has 0 bridgehead atoms. The zero-order valence-corrected chi connectivity index (χ0v) is 15.2. The highest BCUT2D eigenvalue weighted by atomic mass is 35.5. The van der Waals surface area contributed by atoms with Crippen LogP contribution in [0.3, 0.4) is 0 Å². The maximum absolute atomic E-state index is 12.6. The molecule has 2 aromatic rings. The molecule has 1 fully saturated rings. The Balaban J connectivity index is 1.62. The maximum atomic E-state index is 12.6. The Labute approximate surface area is 151 Å². The highest BCUT2D eigenvalue weighted by molar-refractivity contribution is 6.35. The lowest BCUT2D eigenvalue weighted by Crippen LogP contribution is -2.48. The quantitative estimate of drug-likeness (QED) is 0.831. The molecule has 1 aliphatic heterocycles. The van der Waals surface area contributed by atoms with E-state index in [0.717, 1.165) is 36.7 Å². The smallest absolute Gasteiger partial charge is 0.255 e. The summed E-state index contributed by atoms with van der Waals surface area (Å²) in [6, 6.07) is 4.97. The van der Waals surface area contributed by atoms with Crippen LogP contribution in [0.25, 0.3) is 0 Å². The third-order valence-corrected chi connectivity index (χ3v) is 4.95. The van der Waals surface area contributed by atoms with Crippen LogP contribution in [0.2, 0.25) is 10.0 Å². The summed E-state index contributed by atoms with van der Waals surface area (Å²) in [6.07, 6.45) is 0. The second kappa shape index (κ2) is 7.13. The topological polar surface area (TPSA) is 49.6 Å². The van der Waals surface area contributed by atoms with Gasteiger partial charge in [0.15, 0.2) is 0 Å². The highest BCUT2D eigenvalue weighted by Gasteiger charge is 2.25. The molecule has 0 aliphatic carbocycles. The van der Waals surface area contributed by atoms with E-state index in [2.05, 4.69) is 10.1 Å². The summed E-state index contributed by atoms with van der Waals surface area (Å²) in [4.78, 5) is 16.8. The van der Waals surface area contributed by atoms with E-state index in [0.29, 0.717) is 28.7 Å². The summed E-state index contributed by atoms with van der Waals surface area (Å²) in [5.74, 6) is 0.788. The van der Waals surface area contributed by atoms with Gasteiger partial charge in [-0.3, -0.25) is 9.69 Å². The van der Waals surface area contributed by atoms with Crippen LogP contribution in [0.5, 0.6) is 0 Å². The molecule has 7 heteroatoms. The molecular formula is C17H19Cl2N3O2. The van der Waals surface area contributed by atoms with Gasteiger partial charge in [0.25, 0.3) is 5.91 Å². The van der Waals surface area contributed by atoms with Crippen molar-refractivity contribution in [1.29, 1.82) is 0 Å². The van der Waals surface area contributed by atoms with Crippen molar-refractivity contribution in [2.75, 3.05) is 26.2 Å². The molecule has 0 saturated carbocycles. The Bertz CT molecular complexity index is 733. The molecule has 3 rings (SSSR count). The maximum Gasteiger partial charge on any atom is 0.255 e. The van der Waals surface area contributed by atoms with Crippen molar-refractivity contribution < 1.29 is 9.32 Å². The standard InChI is InChI=1S/C17H19Cl2N3O2/c1-11-15(12(2)24-20-11)10-21-5-7-22(8-6-21)17(23)14-9-13(18)3-4-16(14)19/h3-4,9H,5-8,10H2,1-2H3. The molecule has 0 atom stereocenters. The number of aromatic nitrogens is 1. The van der Waals surface area contributed by atoms with Crippen LogP contribution in [0, 0.1) is 13.8 Å². The van der Waals surface area contributed by atoms with Gasteiger partial charge in [0.2, 0.25) is 0 Å². The van der Waals surface area contributed by atoms with Crippen molar-refractivity contribution in [3.63, 3.8) is 0 Å². The molecule has 2 heterocycles. The molecule has 0 N–H and O–H groups in total. The third-order valence-electron chi connectivity index (χ3n) is 4.38. The summed E-state index contributed by atoms with van der Waals surface area (Å²) in [6.45, 7) is 7.59. The van der Waals surface area contributed by atoms with E-state index in [4.69, 9.17) is 27.7 Å². The predicted octanol–water partition coefficient (Wildman–Crippen LogP) is 3.56. The fourth-order valence-electron chi connectivity index (χ4n) is 2.89. The summed E-state index contributed by atoms with van der Waals surface area (Å²) >= 11 is 12.1. The SMILES string of the molecule is Cc1noc(C)c1CN1CCN(C(=O)c2cc(Cl)ccc2Cl)CC1. The second-order valence-electron chi connectivity index (χ2n) is 6.00. The Kier molecular flexibility index (Phi) is 5.13. The molecule has 24 heavy (non-hydrogen) atoms. The summed E-state index contributed by atoms with van der Waals surface area (Å²) < 4.78 is 5.21. The van der Waals surface area contributed by atoms with Gasteiger partial charge in [-0.2, -0.15) is 0 Å². The van der Waals surface area contributed by atoms with E-state index in [1.54, 1.807) is 18.2 Å². The minimum absolute atomic E-state index is 0.0699. The monoisotopic (exact) mass is 367 g/mol. The first-order valence-electron chi connectivity index (χ1n) is 7.84. The number of nitrogens with zero attached hydrogens (tertiary/aromatic N) is 3. The van der Waals surface area contributed by atoms with E-state index < -0.39 is 0 Å². The summed E-state index contributed by atoms with van der Waals surface area (Å²) in [5.41, 5.74) is 2.52. The first-order chi connectivity index (χ1) is 11.5. The molecule has 1 aliphatic rings. The summed E-state index contributed by atoms with van der Waals surface area (Å²) in [5, 5.41) is 4.94. The Hall–Kier alpha value is -1.56. The average molecular weight is 368 g/mol. The normalized spacial score (nSPS) is 15.8. The molecule has 0 radical (unpaired) electrons. The number of carbonyl (C=O) groups excluding carboxylic acids is 1. The largest absolute Gasteiger partial charge is 0.361 e. The zero-order valence-electron chi connectivity index (χ0n) is 13.7. The lowest BCUT2D eigenvalue weighted by atomic mass is 10.1. The van der Waals surface area contributed by atoms with Crippen LogP contribution in [-0.2, 0) is 6.54 Å². The van der Waals surface area contributed by atoms with Crippen molar-refractivity contribution in [2.45, 2.75) is 20.4 Å². The number of hydrogen-bond donors (Lipinski definition) is 0. The Morgan fingerprint density at radius 2 is 1.92 bits per heavy atom. The highest BCUT2D eigenvalue weighted by Crippen LogP contribution is 2.23. The first-order valence-corrected chi connectivity index (χ1v) is 8.59. The molecule has 1 aromatic carbocycles. The number of hydrogen-bond acceptors (Lipinski definition) is 4. The minimum Gasteiger partial charge on any atom is -0.361 e. The van der Waals surface area contributed by atoms with E-state index in [1.807, 2.05) is 18.7 Å². The van der Waals surface area contributed by atoms with Crippen LogP contribution in [0.1, 0.15) is 27.4 Å². The molecule has 1 saturated heterocycles. The molecule has 128 valence electrons. The van der Waals surface area contributed by atoms with E-state index in [9.17, 15) is 4.79 Å². The lowest BCUT2D eigenvalue weighted by Gasteiger charge is -2.34. The van der Waals surface area contributed by atoms with Gasteiger partial charge in [-0.05, 0) is 32.0 Å². The van der Waals surface area contributed by atoms with Gasteiger partial charge < -0.3 is 9.42 Å². The van der Waals surface area contributed by atoms with Gasteiger partial charge in [0.05, 0.1) is 16.3 Å². The van der Waals surface area contributed by atoms with Crippen molar-refractivity contribution in [3.8, 4) is 0 Å². The molecule has 0 unspecified atom stereocenters. The molecule has 1 aromatic heterocycles. The fraction of sp³-hybridized carbons (Fsp3) is 0.412. The lowest BCUT2D eigenvalue weighted by molar-refractivity contribution is 0.0627.